The first kappa shape index (κ1) is 14.6. The Morgan fingerprint density at radius 2 is 1.44 bits per heavy atom. The Labute approximate surface area is 95.2 Å². The molecule has 16 heavy (non-hydrogen) atoms. The van der Waals surface area contributed by atoms with E-state index in [0.717, 1.165) is 0 Å². The lowest BCUT2D eigenvalue weighted by Gasteiger charge is -2.07. The van der Waals surface area contributed by atoms with Crippen LogP contribution >= 0.6 is 0 Å². The molecule has 0 spiro atoms. The third-order valence-corrected chi connectivity index (χ3v) is 1.89. The molecule has 0 bridgehead atoms. The van der Waals surface area contributed by atoms with Crippen LogP contribution < -0.4 is 16.0 Å². The second kappa shape index (κ2) is 7.81. The first-order valence-corrected chi connectivity index (χ1v) is 5.18. The van der Waals surface area contributed by atoms with E-state index in [1.165, 1.54) is 0 Å². The van der Waals surface area contributed by atoms with E-state index in [0.29, 0.717) is 0 Å². The number of rotatable bonds is 7. The van der Waals surface area contributed by atoms with E-state index in [-0.39, 0.29) is 43.1 Å². The number of carbonyl (C=O) groups excluding carboxylic acids is 3. The smallest absolute Gasteiger partial charge is 0.239 e. The van der Waals surface area contributed by atoms with Gasteiger partial charge in [-0.3, -0.25) is 14.4 Å². The zero-order valence-corrected chi connectivity index (χ0v) is 9.92. The maximum atomic E-state index is 11.2. The van der Waals surface area contributed by atoms with Gasteiger partial charge in [-0.05, 0) is 7.05 Å². The van der Waals surface area contributed by atoms with Gasteiger partial charge in [0.15, 0.2) is 5.78 Å². The number of ketones is 1. The van der Waals surface area contributed by atoms with Crippen LogP contribution in [0.3, 0.4) is 0 Å². The lowest BCUT2D eigenvalue weighted by molar-refractivity contribution is -0.127. The van der Waals surface area contributed by atoms with Crippen LogP contribution in [0.1, 0.15) is 13.8 Å². The van der Waals surface area contributed by atoms with Crippen molar-refractivity contribution in [2.75, 3.05) is 26.7 Å². The Kier molecular flexibility index (Phi) is 7.11. The summed E-state index contributed by atoms with van der Waals surface area (Å²) in [6, 6.07) is 0. The zero-order valence-electron chi connectivity index (χ0n) is 9.92. The molecule has 0 radical (unpaired) electrons. The second-order valence-electron chi connectivity index (χ2n) is 3.70. The number of likely N-dealkylation sites (N-methyl/N-ethyl adjacent to an activating group) is 1. The number of amides is 2. The molecule has 0 saturated carbocycles. The number of hydrogen-bond acceptors (Lipinski definition) is 4. The van der Waals surface area contributed by atoms with Gasteiger partial charge in [0, 0.05) is 5.92 Å². The molecule has 92 valence electrons. The molecule has 6 nitrogen and oxygen atoms in total. The molecule has 0 saturated heterocycles. The fourth-order valence-corrected chi connectivity index (χ4v) is 0.854. The average molecular weight is 229 g/mol. The molecule has 0 aliphatic heterocycles. The minimum atomic E-state index is -0.363. The predicted octanol–water partition coefficient (Wildman–Crippen LogP) is -1.34. The van der Waals surface area contributed by atoms with Crippen LogP contribution in [0.4, 0.5) is 0 Å². The third-order valence-electron chi connectivity index (χ3n) is 1.89. The summed E-state index contributed by atoms with van der Waals surface area (Å²) < 4.78 is 0. The molecule has 2 amide bonds. The summed E-state index contributed by atoms with van der Waals surface area (Å²) in [5.41, 5.74) is 0. The lowest BCUT2D eigenvalue weighted by Crippen LogP contribution is -2.41. The molecule has 0 aliphatic rings. The summed E-state index contributed by atoms with van der Waals surface area (Å²) in [4.78, 5) is 33.3. The van der Waals surface area contributed by atoms with Crippen LogP contribution in [0.15, 0.2) is 0 Å². The molecule has 0 unspecified atom stereocenters. The third kappa shape index (κ3) is 6.94. The van der Waals surface area contributed by atoms with Crippen molar-refractivity contribution in [1.82, 2.24) is 16.0 Å². The fourth-order valence-electron chi connectivity index (χ4n) is 0.854. The fraction of sp³-hybridized carbons (Fsp3) is 0.700. The SMILES string of the molecule is CNCC(=O)NCC(=O)NCC(=O)C(C)C. The first-order chi connectivity index (χ1) is 7.47. The summed E-state index contributed by atoms with van der Waals surface area (Å²) in [5.74, 6) is -0.750. The minimum Gasteiger partial charge on any atom is -0.347 e. The monoisotopic (exact) mass is 229 g/mol. The number of nitrogens with one attached hydrogen (secondary N) is 3. The largest absolute Gasteiger partial charge is 0.347 e. The van der Waals surface area contributed by atoms with Crippen LogP contribution in [-0.2, 0) is 14.4 Å². The van der Waals surface area contributed by atoms with E-state index in [9.17, 15) is 14.4 Å². The molecule has 0 aliphatic carbocycles. The Morgan fingerprint density at radius 3 is 1.94 bits per heavy atom. The molecular formula is C10H19N3O3. The topological polar surface area (TPSA) is 87.3 Å². The van der Waals surface area contributed by atoms with Crippen LogP contribution in [-0.4, -0.2) is 44.3 Å². The zero-order chi connectivity index (χ0) is 12.6. The quantitative estimate of drug-likeness (QED) is 0.504. The number of carbonyl (C=O) groups is 3. The van der Waals surface area contributed by atoms with E-state index in [1.54, 1.807) is 20.9 Å². The maximum Gasteiger partial charge on any atom is 0.239 e. The average Bonchev–Trinajstić information content (AvgIpc) is 2.23. The van der Waals surface area contributed by atoms with Crippen molar-refractivity contribution in [3.05, 3.63) is 0 Å². The molecule has 0 heterocycles. The first-order valence-electron chi connectivity index (χ1n) is 5.18. The lowest BCUT2D eigenvalue weighted by atomic mass is 10.1. The van der Waals surface area contributed by atoms with Gasteiger partial charge in [0.2, 0.25) is 11.8 Å². The summed E-state index contributed by atoms with van der Waals surface area (Å²) in [5, 5.41) is 7.51. The number of hydrogen-bond donors (Lipinski definition) is 3. The normalized spacial score (nSPS) is 10.0. The van der Waals surface area contributed by atoms with Crippen LogP contribution in [0, 0.1) is 5.92 Å². The van der Waals surface area contributed by atoms with Crippen molar-refractivity contribution in [2.45, 2.75) is 13.8 Å². The van der Waals surface area contributed by atoms with Crippen molar-refractivity contribution in [1.29, 1.82) is 0 Å². The van der Waals surface area contributed by atoms with E-state index in [4.69, 9.17) is 0 Å². The second-order valence-corrected chi connectivity index (χ2v) is 3.70. The van der Waals surface area contributed by atoms with E-state index in [2.05, 4.69) is 16.0 Å². The van der Waals surface area contributed by atoms with E-state index in [1.807, 2.05) is 0 Å². The van der Waals surface area contributed by atoms with Crippen LogP contribution in [0.25, 0.3) is 0 Å². The van der Waals surface area contributed by atoms with E-state index >= 15 is 0 Å². The Morgan fingerprint density at radius 1 is 0.938 bits per heavy atom. The molecular weight excluding hydrogens is 210 g/mol. The summed E-state index contributed by atoms with van der Waals surface area (Å²) >= 11 is 0. The molecule has 0 aromatic carbocycles. The Bertz CT molecular complexity index is 264. The summed E-state index contributed by atoms with van der Waals surface area (Å²) in [6.07, 6.45) is 0. The van der Waals surface area contributed by atoms with Crippen LogP contribution in [0.5, 0.6) is 0 Å². The van der Waals surface area contributed by atoms with Crippen molar-refractivity contribution < 1.29 is 14.4 Å². The highest BCUT2D eigenvalue weighted by molar-refractivity contribution is 5.89. The van der Waals surface area contributed by atoms with Crippen molar-refractivity contribution in [2.24, 2.45) is 5.92 Å². The standard InChI is InChI=1S/C10H19N3O3/c1-7(2)8(14)4-12-10(16)6-13-9(15)5-11-3/h7,11H,4-6H2,1-3H3,(H,12,16)(H,13,15). The Balaban J connectivity index is 3.67. The van der Waals surface area contributed by atoms with Gasteiger partial charge in [0.25, 0.3) is 0 Å². The van der Waals surface area contributed by atoms with Gasteiger partial charge in [-0.15, -0.1) is 0 Å². The molecule has 0 aromatic heterocycles. The Hall–Kier alpha value is -1.43. The molecule has 0 aromatic rings. The van der Waals surface area contributed by atoms with Crippen molar-refractivity contribution in [3.8, 4) is 0 Å². The molecule has 3 N–H and O–H groups in total. The van der Waals surface area contributed by atoms with Gasteiger partial charge in [0.05, 0.1) is 19.6 Å². The van der Waals surface area contributed by atoms with Gasteiger partial charge in [-0.25, -0.2) is 0 Å². The van der Waals surface area contributed by atoms with E-state index < -0.39 is 0 Å². The van der Waals surface area contributed by atoms with Gasteiger partial charge in [-0.2, -0.15) is 0 Å². The highest BCUT2D eigenvalue weighted by Crippen LogP contribution is 1.91. The molecule has 0 atom stereocenters. The van der Waals surface area contributed by atoms with Gasteiger partial charge < -0.3 is 16.0 Å². The predicted molar refractivity (Wildman–Crippen MR) is 59.8 cm³/mol. The van der Waals surface area contributed by atoms with Gasteiger partial charge in [0.1, 0.15) is 0 Å². The van der Waals surface area contributed by atoms with Crippen molar-refractivity contribution in [3.63, 3.8) is 0 Å². The summed E-state index contributed by atoms with van der Waals surface area (Å²) in [7, 11) is 1.64. The van der Waals surface area contributed by atoms with Gasteiger partial charge >= 0.3 is 0 Å². The molecule has 0 rings (SSSR count). The summed E-state index contributed by atoms with van der Waals surface area (Å²) in [6.45, 7) is 3.61. The number of Topliss-reactive ketones (excluding diaryl/α,β-unsaturated/α-hetero) is 1. The van der Waals surface area contributed by atoms with Gasteiger partial charge in [-0.1, -0.05) is 13.8 Å². The highest BCUT2D eigenvalue weighted by atomic mass is 16.2. The van der Waals surface area contributed by atoms with Crippen molar-refractivity contribution >= 4 is 17.6 Å². The molecule has 6 heteroatoms. The van der Waals surface area contributed by atoms with Crippen LogP contribution in [0.2, 0.25) is 0 Å². The maximum absolute atomic E-state index is 11.2. The molecule has 0 fully saturated rings. The highest BCUT2D eigenvalue weighted by Gasteiger charge is 2.09. The minimum absolute atomic E-state index is 0.0123.